The van der Waals surface area contributed by atoms with Gasteiger partial charge in [-0.25, -0.2) is 0 Å². The number of nitrogens with one attached hydrogen (secondary N) is 1. The van der Waals surface area contributed by atoms with Crippen LogP contribution in [0.2, 0.25) is 18.1 Å². The van der Waals surface area contributed by atoms with Crippen molar-refractivity contribution in [2.24, 2.45) is 0 Å². The Labute approximate surface area is 160 Å². The number of hydrogen-bond acceptors (Lipinski definition) is 1. The third-order valence-electron chi connectivity index (χ3n) is 5.52. The molecule has 0 heterocycles. The van der Waals surface area contributed by atoms with Crippen LogP contribution in [0.1, 0.15) is 37.9 Å². The Kier molecular flexibility index (Phi) is 6.79. The molecule has 2 aromatic carbocycles. The lowest BCUT2D eigenvalue weighted by Gasteiger charge is -2.36. The van der Waals surface area contributed by atoms with Gasteiger partial charge in [-0.3, -0.25) is 0 Å². The molecule has 0 radical (unpaired) electrons. The lowest BCUT2D eigenvalue weighted by atomic mass is 9.99. The highest BCUT2D eigenvalue weighted by atomic mass is 28.3. The van der Waals surface area contributed by atoms with Gasteiger partial charge in [0, 0.05) is 6.54 Å². The van der Waals surface area contributed by atoms with Crippen LogP contribution in [0.15, 0.2) is 84.6 Å². The molecule has 0 aliphatic carbocycles. The van der Waals surface area contributed by atoms with E-state index in [1.807, 2.05) is 6.08 Å². The zero-order valence-electron chi connectivity index (χ0n) is 16.9. The fourth-order valence-corrected chi connectivity index (χ4v) is 4.33. The van der Waals surface area contributed by atoms with Crippen LogP contribution in [0.25, 0.3) is 0 Å². The highest BCUT2D eigenvalue weighted by Gasteiger charge is 2.34. The Bertz CT molecular complexity index is 724. The first-order valence-corrected chi connectivity index (χ1v) is 12.5. The summed E-state index contributed by atoms with van der Waals surface area (Å²) in [6.07, 6.45) is 2.04. The van der Waals surface area contributed by atoms with Gasteiger partial charge in [-0.05, 0) is 21.7 Å². The van der Waals surface area contributed by atoms with E-state index < -0.39 is 8.07 Å². The summed E-state index contributed by atoms with van der Waals surface area (Å²) in [5.41, 5.74) is 6.39. The smallest absolute Gasteiger partial charge is 0.0774 e. The van der Waals surface area contributed by atoms with Crippen molar-refractivity contribution >= 4 is 8.07 Å². The molecule has 0 aliphatic heterocycles. The molecule has 0 spiro atoms. The molecule has 2 aromatic rings. The van der Waals surface area contributed by atoms with E-state index in [-0.39, 0.29) is 6.04 Å². The third kappa shape index (κ3) is 5.30. The summed E-state index contributed by atoms with van der Waals surface area (Å²) in [6, 6.07) is 21.4. The molecule has 0 aliphatic rings. The second-order valence-corrected chi connectivity index (χ2v) is 13.8. The molecule has 0 saturated heterocycles. The van der Waals surface area contributed by atoms with Crippen molar-refractivity contribution in [2.45, 2.75) is 51.5 Å². The van der Waals surface area contributed by atoms with E-state index in [0.29, 0.717) is 5.04 Å². The van der Waals surface area contributed by atoms with E-state index in [2.05, 4.69) is 112 Å². The molecule has 0 amide bonds. The molecule has 1 N–H and O–H groups in total. The van der Waals surface area contributed by atoms with Crippen molar-refractivity contribution in [3.05, 3.63) is 95.7 Å². The minimum Gasteiger partial charge on any atom is -0.302 e. The monoisotopic (exact) mass is 363 g/mol. The molecule has 0 aromatic heterocycles. The fraction of sp³-hybridized carbons (Fsp3) is 0.333. The molecule has 0 bridgehead atoms. The molecule has 1 nitrogen and oxygen atoms in total. The van der Waals surface area contributed by atoms with Gasteiger partial charge in [0.05, 0.1) is 14.1 Å². The maximum absolute atomic E-state index is 4.14. The van der Waals surface area contributed by atoms with Gasteiger partial charge in [-0.1, -0.05) is 113 Å². The summed E-state index contributed by atoms with van der Waals surface area (Å²) in [4.78, 5) is 0. The Morgan fingerprint density at radius 3 is 2.04 bits per heavy atom. The molecular weight excluding hydrogens is 330 g/mol. The Morgan fingerprint density at radius 1 is 1.00 bits per heavy atom. The fourth-order valence-electron chi connectivity index (χ4n) is 2.78. The lowest BCUT2D eigenvalue weighted by Crippen LogP contribution is -2.36. The third-order valence-corrected chi connectivity index (χ3v) is 10.4. The number of hydrogen-bond donors (Lipinski definition) is 1. The van der Waals surface area contributed by atoms with Crippen molar-refractivity contribution < 1.29 is 0 Å². The van der Waals surface area contributed by atoms with Gasteiger partial charge in [-0.2, -0.15) is 0 Å². The van der Waals surface area contributed by atoms with Crippen LogP contribution in [-0.2, 0) is 6.54 Å². The average Bonchev–Trinajstić information content (AvgIpc) is 2.61. The SMILES string of the molecule is C=C/C(=C\[Si](C)(C)C(C)(C)C)C(NCc1ccccc1)c1ccccc1. The van der Waals surface area contributed by atoms with Gasteiger partial charge in [0.25, 0.3) is 0 Å². The van der Waals surface area contributed by atoms with E-state index in [1.54, 1.807) is 0 Å². The van der Waals surface area contributed by atoms with Crippen LogP contribution in [-0.4, -0.2) is 8.07 Å². The predicted octanol–water partition coefficient (Wildman–Crippen LogP) is 6.68. The van der Waals surface area contributed by atoms with Crippen molar-refractivity contribution in [1.29, 1.82) is 0 Å². The Hall–Kier alpha value is -1.90. The van der Waals surface area contributed by atoms with Crippen LogP contribution < -0.4 is 5.32 Å². The van der Waals surface area contributed by atoms with Crippen molar-refractivity contribution in [1.82, 2.24) is 5.32 Å². The van der Waals surface area contributed by atoms with Gasteiger partial charge in [0.15, 0.2) is 0 Å². The van der Waals surface area contributed by atoms with E-state index in [1.165, 1.54) is 16.7 Å². The molecule has 0 fully saturated rings. The molecule has 1 unspecified atom stereocenters. The lowest BCUT2D eigenvalue weighted by molar-refractivity contribution is 0.604. The van der Waals surface area contributed by atoms with Gasteiger partial charge in [0.1, 0.15) is 0 Å². The van der Waals surface area contributed by atoms with Gasteiger partial charge in [0.2, 0.25) is 0 Å². The zero-order chi connectivity index (χ0) is 19.2. The van der Waals surface area contributed by atoms with Crippen LogP contribution in [0.3, 0.4) is 0 Å². The zero-order valence-corrected chi connectivity index (χ0v) is 17.9. The summed E-state index contributed by atoms with van der Waals surface area (Å²) in [7, 11) is -1.57. The first kappa shape index (κ1) is 20.4. The largest absolute Gasteiger partial charge is 0.302 e. The maximum atomic E-state index is 4.14. The van der Waals surface area contributed by atoms with E-state index in [0.717, 1.165) is 6.54 Å². The summed E-state index contributed by atoms with van der Waals surface area (Å²) in [5.74, 6) is 0. The topological polar surface area (TPSA) is 12.0 Å². The van der Waals surface area contributed by atoms with Crippen molar-refractivity contribution in [2.75, 3.05) is 0 Å². The molecule has 138 valence electrons. The quantitative estimate of drug-likeness (QED) is 0.427. The Balaban J connectivity index is 2.37. The first-order valence-electron chi connectivity index (χ1n) is 9.42. The minimum atomic E-state index is -1.57. The standard InChI is InChI=1S/C24H33NSi/c1-7-21(19-26(5,6)24(2,3)4)23(22-16-12-9-13-17-22)25-18-20-14-10-8-11-15-20/h7-17,19,23,25H,1,18H2,2-6H3/b21-19+. The molecule has 2 heteroatoms. The first-order chi connectivity index (χ1) is 12.2. The molecule has 2 rings (SSSR count). The van der Waals surface area contributed by atoms with E-state index >= 15 is 0 Å². The number of rotatable bonds is 7. The number of benzene rings is 2. The Morgan fingerprint density at radius 2 is 1.54 bits per heavy atom. The van der Waals surface area contributed by atoms with Gasteiger partial charge in [-0.15, -0.1) is 0 Å². The minimum absolute atomic E-state index is 0.156. The maximum Gasteiger partial charge on any atom is 0.0774 e. The molecular formula is C24H33NSi. The second kappa shape index (κ2) is 8.66. The van der Waals surface area contributed by atoms with Gasteiger partial charge < -0.3 is 5.32 Å². The average molecular weight is 364 g/mol. The van der Waals surface area contributed by atoms with E-state index in [9.17, 15) is 0 Å². The highest BCUT2D eigenvalue weighted by molar-refractivity contribution is 6.84. The van der Waals surface area contributed by atoms with Gasteiger partial charge >= 0.3 is 0 Å². The summed E-state index contributed by atoms with van der Waals surface area (Å²) >= 11 is 0. The normalized spacial score (nSPS) is 14.1. The summed E-state index contributed by atoms with van der Waals surface area (Å²) < 4.78 is 0. The van der Waals surface area contributed by atoms with E-state index in [4.69, 9.17) is 0 Å². The second-order valence-electron chi connectivity index (χ2n) is 8.53. The van der Waals surface area contributed by atoms with Crippen LogP contribution in [0.4, 0.5) is 0 Å². The molecule has 26 heavy (non-hydrogen) atoms. The molecule has 0 saturated carbocycles. The predicted molar refractivity (Wildman–Crippen MR) is 118 cm³/mol. The van der Waals surface area contributed by atoms with Crippen LogP contribution in [0.5, 0.6) is 0 Å². The molecule has 1 atom stereocenters. The highest BCUT2D eigenvalue weighted by Crippen LogP contribution is 2.38. The van der Waals surface area contributed by atoms with Crippen LogP contribution >= 0.6 is 0 Å². The summed E-state index contributed by atoms with van der Waals surface area (Å²) in [5, 5.41) is 4.07. The van der Waals surface area contributed by atoms with Crippen molar-refractivity contribution in [3.63, 3.8) is 0 Å². The van der Waals surface area contributed by atoms with Crippen molar-refractivity contribution in [3.8, 4) is 0 Å². The summed E-state index contributed by atoms with van der Waals surface area (Å²) in [6.45, 7) is 16.9. The van der Waals surface area contributed by atoms with Crippen LogP contribution in [0, 0.1) is 0 Å².